The Balaban J connectivity index is 1.83. The Morgan fingerprint density at radius 1 is 1.28 bits per heavy atom. The highest BCUT2D eigenvalue weighted by molar-refractivity contribution is 7.98. The number of hydrogen-bond donors (Lipinski definition) is 1. The van der Waals surface area contributed by atoms with E-state index in [1.54, 1.807) is 11.3 Å². The van der Waals surface area contributed by atoms with Gasteiger partial charge in [0, 0.05) is 28.6 Å². The van der Waals surface area contributed by atoms with Gasteiger partial charge in [-0.3, -0.25) is 0 Å². The summed E-state index contributed by atoms with van der Waals surface area (Å²) in [5.74, 6) is 0.951. The standard InChI is InChI=1S/C14H18N2S2/c1-11(2)15-7-12-3-5-14(6-4-12)18-9-13-8-17-10-16-13/h3-6,8,10-11,15H,7,9H2,1-2H3. The second-order valence-electron chi connectivity index (χ2n) is 4.45. The van der Waals surface area contributed by atoms with Crippen LogP contribution in [0.3, 0.4) is 0 Å². The molecule has 0 bridgehead atoms. The lowest BCUT2D eigenvalue weighted by atomic mass is 10.2. The van der Waals surface area contributed by atoms with Crippen molar-refractivity contribution in [2.24, 2.45) is 0 Å². The normalized spacial score (nSPS) is 11.1. The Morgan fingerprint density at radius 3 is 2.67 bits per heavy atom. The Hall–Kier alpha value is -0.840. The SMILES string of the molecule is CC(C)NCc1ccc(SCc2cscn2)cc1. The van der Waals surface area contributed by atoms with Gasteiger partial charge in [0.1, 0.15) is 0 Å². The first-order chi connectivity index (χ1) is 8.74. The van der Waals surface area contributed by atoms with Gasteiger partial charge in [-0.05, 0) is 17.7 Å². The predicted molar refractivity (Wildman–Crippen MR) is 80.1 cm³/mol. The highest BCUT2D eigenvalue weighted by atomic mass is 32.2. The molecule has 0 aliphatic carbocycles. The largest absolute Gasteiger partial charge is 0.310 e. The van der Waals surface area contributed by atoms with Crippen LogP contribution < -0.4 is 5.32 Å². The van der Waals surface area contributed by atoms with Gasteiger partial charge in [0.2, 0.25) is 0 Å². The molecule has 0 amide bonds. The van der Waals surface area contributed by atoms with E-state index in [2.05, 4.69) is 53.8 Å². The van der Waals surface area contributed by atoms with E-state index in [-0.39, 0.29) is 0 Å². The predicted octanol–water partition coefficient (Wildman–Crippen LogP) is 3.93. The van der Waals surface area contributed by atoms with Crippen LogP contribution in [0.25, 0.3) is 0 Å². The minimum absolute atomic E-state index is 0.531. The zero-order valence-corrected chi connectivity index (χ0v) is 12.4. The Kier molecular flexibility index (Phi) is 5.23. The van der Waals surface area contributed by atoms with E-state index in [9.17, 15) is 0 Å². The maximum absolute atomic E-state index is 4.29. The van der Waals surface area contributed by atoms with E-state index in [4.69, 9.17) is 0 Å². The fourth-order valence-electron chi connectivity index (χ4n) is 1.49. The smallest absolute Gasteiger partial charge is 0.0795 e. The molecule has 96 valence electrons. The lowest BCUT2D eigenvalue weighted by Crippen LogP contribution is -2.21. The number of thioether (sulfide) groups is 1. The summed E-state index contributed by atoms with van der Waals surface area (Å²) in [6.45, 7) is 5.27. The zero-order chi connectivity index (χ0) is 12.8. The van der Waals surface area contributed by atoms with Crippen LogP contribution in [0.5, 0.6) is 0 Å². The highest BCUT2D eigenvalue weighted by Gasteiger charge is 1.99. The number of hydrogen-bond acceptors (Lipinski definition) is 4. The lowest BCUT2D eigenvalue weighted by molar-refractivity contribution is 0.588. The van der Waals surface area contributed by atoms with Crippen LogP contribution >= 0.6 is 23.1 Å². The van der Waals surface area contributed by atoms with Crippen LogP contribution in [0.4, 0.5) is 0 Å². The molecule has 0 unspecified atom stereocenters. The van der Waals surface area contributed by atoms with Crippen LogP contribution in [-0.4, -0.2) is 11.0 Å². The van der Waals surface area contributed by atoms with Crippen molar-refractivity contribution in [1.82, 2.24) is 10.3 Å². The van der Waals surface area contributed by atoms with Crippen LogP contribution in [-0.2, 0) is 12.3 Å². The molecule has 4 heteroatoms. The maximum atomic E-state index is 4.29. The number of nitrogens with one attached hydrogen (secondary N) is 1. The van der Waals surface area contributed by atoms with Crippen molar-refractivity contribution in [1.29, 1.82) is 0 Å². The molecule has 18 heavy (non-hydrogen) atoms. The molecule has 1 aromatic heterocycles. The van der Waals surface area contributed by atoms with Gasteiger partial charge in [-0.15, -0.1) is 23.1 Å². The van der Waals surface area contributed by atoms with Gasteiger partial charge in [-0.1, -0.05) is 26.0 Å². The van der Waals surface area contributed by atoms with E-state index in [0.717, 1.165) is 18.0 Å². The summed E-state index contributed by atoms with van der Waals surface area (Å²) < 4.78 is 0. The van der Waals surface area contributed by atoms with Crippen LogP contribution in [0.2, 0.25) is 0 Å². The first-order valence-electron chi connectivity index (χ1n) is 6.06. The van der Waals surface area contributed by atoms with Crippen molar-refractivity contribution in [3.05, 3.63) is 46.4 Å². The quantitative estimate of drug-likeness (QED) is 0.810. The van der Waals surface area contributed by atoms with Gasteiger partial charge >= 0.3 is 0 Å². The molecule has 2 rings (SSSR count). The molecule has 0 saturated carbocycles. The fourth-order valence-corrected chi connectivity index (χ4v) is 2.96. The molecule has 0 saturated heterocycles. The molecule has 2 aromatic rings. The summed E-state index contributed by atoms with van der Waals surface area (Å²) in [6, 6.07) is 9.30. The molecule has 0 aliphatic rings. The van der Waals surface area contributed by atoms with E-state index < -0.39 is 0 Å². The second kappa shape index (κ2) is 6.92. The Morgan fingerprint density at radius 2 is 2.06 bits per heavy atom. The van der Waals surface area contributed by atoms with Crippen molar-refractivity contribution in [3.63, 3.8) is 0 Å². The zero-order valence-electron chi connectivity index (χ0n) is 10.7. The third kappa shape index (κ3) is 4.44. The molecule has 0 atom stereocenters. The van der Waals surface area contributed by atoms with Gasteiger partial charge in [-0.25, -0.2) is 4.98 Å². The summed E-state index contributed by atoms with van der Waals surface area (Å²) in [6.07, 6.45) is 0. The molecule has 2 nitrogen and oxygen atoms in total. The van der Waals surface area contributed by atoms with Crippen molar-refractivity contribution in [2.45, 2.75) is 37.1 Å². The second-order valence-corrected chi connectivity index (χ2v) is 6.22. The summed E-state index contributed by atoms with van der Waals surface area (Å²) in [7, 11) is 0. The number of rotatable bonds is 6. The minimum Gasteiger partial charge on any atom is -0.310 e. The minimum atomic E-state index is 0.531. The topological polar surface area (TPSA) is 24.9 Å². The van der Waals surface area contributed by atoms with E-state index in [1.807, 2.05) is 17.3 Å². The highest BCUT2D eigenvalue weighted by Crippen LogP contribution is 2.22. The summed E-state index contributed by atoms with van der Waals surface area (Å²) >= 11 is 3.49. The van der Waals surface area contributed by atoms with Gasteiger partial charge < -0.3 is 5.32 Å². The van der Waals surface area contributed by atoms with E-state index in [0.29, 0.717) is 6.04 Å². The number of aromatic nitrogens is 1. The molecular weight excluding hydrogens is 260 g/mol. The maximum Gasteiger partial charge on any atom is 0.0795 e. The van der Waals surface area contributed by atoms with Crippen molar-refractivity contribution in [3.8, 4) is 0 Å². The van der Waals surface area contributed by atoms with Gasteiger partial charge in [-0.2, -0.15) is 0 Å². The van der Waals surface area contributed by atoms with Gasteiger partial charge in [0.15, 0.2) is 0 Å². The van der Waals surface area contributed by atoms with Crippen molar-refractivity contribution in [2.75, 3.05) is 0 Å². The van der Waals surface area contributed by atoms with E-state index in [1.165, 1.54) is 10.5 Å². The van der Waals surface area contributed by atoms with Gasteiger partial charge in [0.25, 0.3) is 0 Å². The average molecular weight is 278 g/mol. The number of thiazole rings is 1. The van der Waals surface area contributed by atoms with Crippen LogP contribution in [0, 0.1) is 0 Å². The molecular formula is C14H18N2S2. The summed E-state index contributed by atoms with van der Waals surface area (Å²) in [5, 5.41) is 5.53. The van der Waals surface area contributed by atoms with E-state index >= 15 is 0 Å². The first-order valence-corrected chi connectivity index (χ1v) is 7.99. The molecule has 0 aliphatic heterocycles. The third-order valence-electron chi connectivity index (χ3n) is 2.51. The molecule has 1 aromatic carbocycles. The van der Waals surface area contributed by atoms with Crippen molar-refractivity contribution >= 4 is 23.1 Å². The monoisotopic (exact) mass is 278 g/mol. The molecule has 0 spiro atoms. The fraction of sp³-hybridized carbons (Fsp3) is 0.357. The summed E-state index contributed by atoms with van der Waals surface area (Å²) in [4.78, 5) is 5.59. The van der Waals surface area contributed by atoms with Crippen LogP contribution in [0.1, 0.15) is 25.1 Å². The Labute approximate surface area is 117 Å². The lowest BCUT2D eigenvalue weighted by Gasteiger charge is -2.08. The number of nitrogens with zero attached hydrogens (tertiary/aromatic N) is 1. The first kappa shape index (κ1) is 13.6. The Bertz CT molecular complexity index is 449. The number of benzene rings is 1. The average Bonchev–Trinajstić information content (AvgIpc) is 2.88. The third-order valence-corrected chi connectivity index (χ3v) is 4.19. The molecule has 1 N–H and O–H groups in total. The molecule has 0 fully saturated rings. The summed E-state index contributed by atoms with van der Waals surface area (Å²) in [5.41, 5.74) is 4.38. The van der Waals surface area contributed by atoms with Crippen LogP contribution in [0.15, 0.2) is 40.1 Å². The van der Waals surface area contributed by atoms with Crippen molar-refractivity contribution < 1.29 is 0 Å². The molecule has 1 heterocycles. The molecule has 0 radical (unpaired) electrons. The van der Waals surface area contributed by atoms with Gasteiger partial charge in [0.05, 0.1) is 11.2 Å².